The van der Waals surface area contributed by atoms with Gasteiger partial charge in [-0.3, -0.25) is 0 Å². The first-order valence-corrected chi connectivity index (χ1v) is 10.2. The molecule has 7 nitrogen and oxygen atoms in total. The lowest BCUT2D eigenvalue weighted by molar-refractivity contribution is 0.415. The minimum absolute atomic E-state index is 0.470. The number of aromatic amines is 2. The predicted molar refractivity (Wildman–Crippen MR) is 126 cm³/mol. The number of nitrogens with two attached hydrogens (primary N) is 1. The Balaban J connectivity index is 1.34. The molecule has 7 heteroatoms. The maximum atomic E-state index is 6.33. The van der Waals surface area contributed by atoms with Gasteiger partial charge in [0, 0.05) is 40.9 Å². The number of aryl methyl sites for hydroxylation is 1. The number of aromatic nitrogens is 4. The fourth-order valence-corrected chi connectivity index (χ4v) is 4.03. The first-order chi connectivity index (χ1) is 15.1. The highest BCUT2D eigenvalue weighted by atomic mass is 16.5. The molecule has 3 aromatic heterocycles. The van der Waals surface area contributed by atoms with Crippen molar-refractivity contribution in [2.24, 2.45) is 0 Å². The molecule has 3 heterocycles. The van der Waals surface area contributed by atoms with Crippen molar-refractivity contribution in [2.75, 3.05) is 24.7 Å². The van der Waals surface area contributed by atoms with E-state index < -0.39 is 0 Å². The second-order valence-electron chi connectivity index (χ2n) is 7.57. The first-order valence-electron chi connectivity index (χ1n) is 10.2. The van der Waals surface area contributed by atoms with Crippen LogP contribution in [-0.2, 0) is 6.42 Å². The monoisotopic (exact) mass is 412 g/mol. The Morgan fingerprint density at radius 3 is 2.77 bits per heavy atom. The van der Waals surface area contributed by atoms with E-state index in [0.29, 0.717) is 18.3 Å². The van der Waals surface area contributed by atoms with Gasteiger partial charge in [0.05, 0.1) is 12.8 Å². The van der Waals surface area contributed by atoms with Gasteiger partial charge in [-0.2, -0.15) is 4.98 Å². The highest BCUT2D eigenvalue weighted by Crippen LogP contribution is 2.30. The summed E-state index contributed by atoms with van der Waals surface area (Å²) >= 11 is 0. The first kappa shape index (κ1) is 19.0. The minimum Gasteiger partial charge on any atom is -0.497 e. The SMILES string of the molecule is COc1ccc2[nH]cc(CCNc3nc(C)c(-c4ccc5cc[nH]c5c4)c(N)n3)c2c1. The van der Waals surface area contributed by atoms with Crippen molar-refractivity contribution in [3.63, 3.8) is 0 Å². The summed E-state index contributed by atoms with van der Waals surface area (Å²) in [5.74, 6) is 1.86. The molecule has 0 aliphatic rings. The third kappa shape index (κ3) is 3.54. The molecule has 0 aliphatic heterocycles. The second-order valence-corrected chi connectivity index (χ2v) is 7.57. The lowest BCUT2D eigenvalue weighted by Crippen LogP contribution is -2.10. The molecule has 156 valence electrons. The van der Waals surface area contributed by atoms with E-state index in [-0.39, 0.29) is 0 Å². The molecule has 0 aliphatic carbocycles. The average molecular weight is 412 g/mol. The van der Waals surface area contributed by atoms with E-state index in [1.807, 2.05) is 37.5 Å². The number of nitrogens with zero attached hydrogens (tertiary/aromatic N) is 2. The summed E-state index contributed by atoms with van der Waals surface area (Å²) in [6.07, 6.45) is 4.78. The van der Waals surface area contributed by atoms with Gasteiger partial charge in [0.15, 0.2) is 0 Å². The Labute approximate surface area is 179 Å². The van der Waals surface area contributed by atoms with Gasteiger partial charge in [0.1, 0.15) is 11.6 Å². The number of nitrogens with one attached hydrogen (secondary N) is 3. The van der Waals surface area contributed by atoms with Crippen LogP contribution in [0.4, 0.5) is 11.8 Å². The molecule has 0 unspecified atom stereocenters. The molecule has 0 atom stereocenters. The molecule has 31 heavy (non-hydrogen) atoms. The number of anilines is 2. The van der Waals surface area contributed by atoms with Crippen molar-refractivity contribution < 1.29 is 4.74 Å². The number of nitrogen functional groups attached to an aromatic ring is 1. The normalized spacial score (nSPS) is 11.3. The van der Waals surface area contributed by atoms with Crippen LogP contribution in [0.1, 0.15) is 11.3 Å². The summed E-state index contributed by atoms with van der Waals surface area (Å²) < 4.78 is 5.35. The highest BCUT2D eigenvalue weighted by Gasteiger charge is 2.13. The van der Waals surface area contributed by atoms with Gasteiger partial charge in [0.25, 0.3) is 0 Å². The van der Waals surface area contributed by atoms with Crippen molar-refractivity contribution in [2.45, 2.75) is 13.3 Å². The number of hydrogen-bond donors (Lipinski definition) is 4. The number of benzene rings is 2. The fraction of sp³-hybridized carbons (Fsp3) is 0.167. The van der Waals surface area contributed by atoms with E-state index in [2.05, 4.69) is 49.5 Å². The Bertz CT molecular complexity index is 1360. The number of H-pyrrole nitrogens is 2. The lowest BCUT2D eigenvalue weighted by Gasteiger charge is -2.12. The Kier molecular flexibility index (Phi) is 4.71. The van der Waals surface area contributed by atoms with Crippen LogP contribution in [0.15, 0.2) is 54.9 Å². The smallest absolute Gasteiger partial charge is 0.224 e. The van der Waals surface area contributed by atoms with E-state index in [4.69, 9.17) is 10.5 Å². The summed E-state index contributed by atoms with van der Waals surface area (Å²) in [5.41, 5.74) is 12.4. The second kappa shape index (κ2) is 7.68. The zero-order chi connectivity index (χ0) is 21.4. The zero-order valence-corrected chi connectivity index (χ0v) is 17.5. The van der Waals surface area contributed by atoms with Crippen LogP contribution in [0.5, 0.6) is 5.75 Å². The van der Waals surface area contributed by atoms with Gasteiger partial charge in [-0.15, -0.1) is 0 Å². The van der Waals surface area contributed by atoms with E-state index in [1.54, 1.807) is 7.11 Å². The summed E-state index contributed by atoms with van der Waals surface area (Å²) in [6, 6.07) is 14.3. The van der Waals surface area contributed by atoms with Crippen molar-refractivity contribution >= 4 is 33.6 Å². The van der Waals surface area contributed by atoms with Crippen molar-refractivity contribution in [3.8, 4) is 16.9 Å². The van der Waals surface area contributed by atoms with E-state index in [1.165, 1.54) is 5.56 Å². The Morgan fingerprint density at radius 2 is 1.94 bits per heavy atom. The molecule has 2 aromatic carbocycles. The standard InChI is InChI=1S/C24H24N6O/c1-14-22(16-4-3-15-7-9-26-21(15)11-16)23(25)30-24(29-14)27-10-8-17-13-28-20-6-5-18(31-2)12-19(17)20/h3-7,9,11-13,26,28H,8,10H2,1-2H3,(H3,25,27,29,30). The molecule has 5 aromatic rings. The van der Waals surface area contributed by atoms with Gasteiger partial charge < -0.3 is 25.8 Å². The summed E-state index contributed by atoms with van der Waals surface area (Å²) in [4.78, 5) is 15.7. The van der Waals surface area contributed by atoms with E-state index >= 15 is 0 Å². The topological polar surface area (TPSA) is 105 Å². The molecule has 0 saturated carbocycles. The molecule has 0 fully saturated rings. The molecule has 0 radical (unpaired) electrons. The Hall–Kier alpha value is -4.00. The van der Waals surface area contributed by atoms with E-state index in [0.717, 1.165) is 50.8 Å². The summed E-state index contributed by atoms with van der Waals surface area (Å²) in [7, 11) is 1.68. The van der Waals surface area contributed by atoms with E-state index in [9.17, 15) is 0 Å². The average Bonchev–Trinajstić information content (AvgIpc) is 3.39. The Morgan fingerprint density at radius 1 is 1.03 bits per heavy atom. The quantitative estimate of drug-likeness (QED) is 0.325. The number of rotatable bonds is 6. The van der Waals surface area contributed by atoms with Crippen LogP contribution < -0.4 is 15.8 Å². The fourth-order valence-electron chi connectivity index (χ4n) is 4.03. The molecular formula is C24H24N6O. The summed E-state index contributed by atoms with van der Waals surface area (Å²) in [5, 5.41) is 5.63. The lowest BCUT2D eigenvalue weighted by atomic mass is 10.0. The van der Waals surface area contributed by atoms with Crippen molar-refractivity contribution in [1.29, 1.82) is 0 Å². The van der Waals surface area contributed by atoms with Crippen LogP contribution in [-0.4, -0.2) is 33.6 Å². The maximum absolute atomic E-state index is 6.33. The predicted octanol–water partition coefficient (Wildman–Crippen LogP) is 4.66. The van der Waals surface area contributed by atoms with Gasteiger partial charge in [-0.05, 0) is 60.2 Å². The van der Waals surface area contributed by atoms with Gasteiger partial charge >= 0.3 is 0 Å². The molecule has 0 saturated heterocycles. The third-order valence-electron chi connectivity index (χ3n) is 5.61. The number of fused-ring (bicyclic) bond motifs is 2. The van der Waals surface area contributed by atoms with Gasteiger partial charge in [-0.25, -0.2) is 4.98 Å². The maximum Gasteiger partial charge on any atom is 0.224 e. The van der Waals surface area contributed by atoms with Gasteiger partial charge in [0.2, 0.25) is 5.95 Å². The van der Waals surface area contributed by atoms with Crippen LogP contribution in [0.2, 0.25) is 0 Å². The highest BCUT2D eigenvalue weighted by molar-refractivity contribution is 5.88. The minimum atomic E-state index is 0.470. The van der Waals surface area contributed by atoms with Crippen molar-refractivity contribution in [1.82, 2.24) is 19.9 Å². The molecule has 0 bridgehead atoms. The number of hydrogen-bond acceptors (Lipinski definition) is 5. The molecule has 5 N–H and O–H groups in total. The molecular weight excluding hydrogens is 388 g/mol. The zero-order valence-electron chi connectivity index (χ0n) is 17.5. The van der Waals surface area contributed by atoms with Crippen LogP contribution in [0.3, 0.4) is 0 Å². The third-order valence-corrected chi connectivity index (χ3v) is 5.61. The molecule has 0 spiro atoms. The largest absolute Gasteiger partial charge is 0.497 e. The molecule has 5 rings (SSSR count). The summed E-state index contributed by atoms with van der Waals surface area (Å²) in [6.45, 7) is 2.65. The van der Waals surface area contributed by atoms with Gasteiger partial charge in [-0.1, -0.05) is 12.1 Å². The number of methoxy groups -OCH3 is 1. The van der Waals surface area contributed by atoms with Crippen LogP contribution >= 0.6 is 0 Å². The van der Waals surface area contributed by atoms with Crippen LogP contribution in [0.25, 0.3) is 32.9 Å². The molecule has 0 amide bonds. The van der Waals surface area contributed by atoms with Crippen molar-refractivity contribution in [3.05, 3.63) is 66.1 Å². The number of ether oxygens (including phenoxy) is 1. The van der Waals surface area contributed by atoms with Crippen LogP contribution in [0, 0.1) is 6.92 Å².